The Morgan fingerprint density at radius 1 is 1.46 bits per heavy atom. The van der Waals surface area contributed by atoms with Crippen molar-refractivity contribution in [3.05, 3.63) is 22.9 Å². The Morgan fingerprint density at radius 3 is 2.69 bits per heavy atom. The molecule has 1 aliphatic rings. The van der Waals surface area contributed by atoms with Gasteiger partial charge in [-0.05, 0) is 28.1 Å². The van der Waals surface area contributed by atoms with E-state index in [9.17, 15) is 8.78 Å². The van der Waals surface area contributed by atoms with E-state index < -0.39 is 5.92 Å². The fourth-order valence-corrected chi connectivity index (χ4v) is 1.64. The van der Waals surface area contributed by atoms with Gasteiger partial charge in [0.25, 0.3) is 5.92 Å². The molecule has 13 heavy (non-hydrogen) atoms. The average molecular weight is 249 g/mol. The Bertz CT molecular complexity index is 322. The minimum Gasteiger partial charge on any atom is -0.359 e. The van der Waals surface area contributed by atoms with Crippen LogP contribution < -0.4 is 4.90 Å². The van der Waals surface area contributed by atoms with Crippen LogP contribution in [0.4, 0.5) is 14.5 Å². The molecule has 0 unspecified atom stereocenters. The second-order valence-corrected chi connectivity index (χ2v) is 3.86. The van der Waals surface area contributed by atoms with Crippen molar-refractivity contribution in [1.82, 2.24) is 4.98 Å². The van der Waals surface area contributed by atoms with Gasteiger partial charge >= 0.3 is 0 Å². The minimum absolute atomic E-state index is 0.191. The molecule has 1 aromatic heterocycles. The van der Waals surface area contributed by atoms with Gasteiger partial charge in [0.15, 0.2) is 0 Å². The quantitative estimate of drug-likeness (QED) is 0.710. The highest BCUT2D eigenvalue weighted by Gasteiger charge is 2.43. The van der Waals surface area contributed by atoms with Crippen LogP contribution in [-0.4, -0.2) is 24.0 Å². The number of halogens is 3. The van der Waals surface area contributed by atoms with Gasteiger partial charge in [0.05, 0.1) is 13.1 Å². The van der Waals surface area contributed by atoms with Gasteiger partial charge in [0, 0.05) is 11.9 Å². The highest BCUT2D eigenvalue weighted by molar-refractivity contribution is 9.10. The van der Waals surface area contributed by atoms with Gasteiger partial charge in [-0.2, -0.15) is 0 Å². The summed E-state index contributed by atoms with van der Waals surface area (Å²) < 4.78 is 25.7. The molecule has 0 radical (unpaired) electrons. The van der Waals surface area contributed by atoms with Crippen LogP contribution in [0.1, 0.15) is 0 Å². The molecule has 0 bridgehead atoms. The van der Waals surface area contributed by atoms with E-state index in [0.717, 1.165) is 5.69 Å². The first-order chi connectivity index (χ1) is 6.07. The van der Waals surface area contributed by atoms with E-state index in [-0.39, 0.29) is 13.1 Å². The van der Waals surface area contributed by atoms with Gasteiger partial charge in [-0.15, -0.1) is 0 Å². The average Bonchev–Trinajstić information content (AvgIpc) is 2.00. The highest BCUT2D eigenvalue weighted by Crippen LogP contribution is 2.32. The first kappa shape index (κ1) is 8.87. The molecule has 0 saturated carbocycles. The summed E-state index contributed by atoms with van der Waals surface area (Å²) in [5.74, 6) is -2.52. The predicted molar refractivity (Wildman–Crippen MR) is 49.1 cm³/mol. The Hall–Kier alpha value is -0.710. The molecule has 0 amide bonds. The lowest BCUT2D eigenvalue weighted by Gasteiger charge is -2.40. The second-order valence-electron chi connectivity index (χ2n) is 3.05. The zero-order chi connectivity index (χ0) is 9.47. The van der Waals surface area contributed by atoms with E-state index in [2.05, 4.69) is 20.9 Å². The van der Waals surface area contributed by atoms with Gasteiger partial charge in [-0.25, -0.2) is 13.8 Å². The van der Waals surface area contributed by atoms with E-state index in [1.54, 1.807) is 23.2 Å². The molecule has 1 saturated heterocycles. The SMILES string of the molecule is FC1(F)CN(c2ccnc(Br)c2)C1. The molecule has 2 heterocycles. The fourth-order valence-electron chi connectivity index (χ4n) is 1.28. The lowest BCUT2D eigenvalue weighted by Crippen LogP contribution is -2.56. The van der Waals surface area contributed by atoms with E-state index in [1.807, 2.05) is 0 Å². The Labute approximate surface area is 82.7 Å². The monoisotopic (exact) mass is 248 g/mol. The van der Waals surface area contributed by atoms with Crippen LogP contribution in [-0.2, 0) is 0 Å². The lowest BCUT2D eigenvalue weighted by molar-refractivity contribution is -0.0262. The third kappa shape index (κ3) is 1.80. The third-order valence-corrected chi connectivity index (χ3v) is 2.35. The number of hydrogen-bond acceptors (Lipinski definition) is 2. The fraction of sp³-hybridized carbons (Fsp3) is 0.375. The predicted octanol–water partition coefficient (Wildman–Crippen LogP) is 2.30. The van der Waals surface area contributed by atoms with Crippen LogP contribution in [0.5, 0.6) is 0 Å². The summed E-state index contributed by atoms with van der Waals surface area (Å²) in [5, 5.41) is 0. The minimum atomic E-state index is -2.52. The lowest BCUT2D eigenvalue weighted by atomic mass is 10.1. The molecular formula is C8H7BrF2N2. The highest BCUT2D eigenvalue weighted by atomic mass is 79.9. The van der Waals surface area contributed by atoms with Gasteiger partial charge in [0.1, 0.15) is 4.60 Å². The van der Waals surface area contributed by atoms with Crippen LogP contribution in [0.15, 0.2) is 22.9 Å². The molecule has 1 aromatic rings. The van der Waals surface area contributed by atoms with Gasteiger partial charge in [-0.3, -0.25) is 0 Å². The zero-order valence-electron chi connectivity index (χ0n) is 6.67. The van der Waals surface area contributed by atoms with Crippen LogP contribution >= 0.6 is 15.9 Å². The zero-order valence-corrected chi connectivity index (χ0v) is 8.26. The van der Waals surface area contributed by atoms with Crippen molar-refractivity contribution in [1.29, 1.82) is 0 Å². The number of alkyl halides is 2. The topological polar surface area (TPSA) is 16.1 Å². The van der Waals surface area contributed by atoms with Crippen LogP contribution in [0, 0.1) is 0 Å². The molecule has 0 spiro atoms. The van der Waals surface area contributed by atoms with Crippen LogP contribution in [0.2, 0.25) is 0 Å². The standard InChI is InChI=1S/C8H7BrF2N2/c9-7-3-6(1-2-12-7)13-4-8(10,11)5-13/h1-3H,4-5H2. The van der Waals surface area contributed by atoms with Crippen molar-refractivity contribution in [2.24, 2.45) is 0 Å². The van der Waals surface area contributed by atoms with Crippen molar-refractivity contribution >= 4 is 21.6 Å². The summed E-state index contributed by atoms with van der Waals surface area (Å²) in [7, 11) is 0. The summed E-state index contributed by atoms with van der Waals surface area (Å²) in [5.41, 5.74) is 0.785. The number of anilines is 1. The number of hydrogen-bond donors (Lipinski definition) is 0. The Balaban J connectivity index is 2.11. The molecule has 0 aliphatic carbocycles. The summed E-state index contributed by atoms with van der Waals surface area (Å²) >= 11 is 3.19. The smallest absolute Gasteiger partial charge is 0.282 e. The van der Waals surface area contributed by atoms with E-state index in [4.69, 9.17) is 0 Å². The molecule has 5 heteroatoms. The van der Waals surface area contributed by atoms with Gasteiger partial charge in [0.2, 0.25) is 0 Å². The summed E-state index contributed by atoms with van der Waals surface area (Å²) in [6, 6.07) is 3.45. The molecule has 2 nitrogen and oxygen atoms in total. The second kappa shape index (κ2) is 2.90. The molecule has 2 rings (SSSR count). The first-order valence-electron chi connectivity index (χ1n) is 3.81. The number of aromatic nitrogens is 1. The van der Waals surface area contributed by atoms with E-state index in [1.165, 1.54) is 0 Å². The first-order valence-corrected chi connectivity index (χ1v) is 4.60. The van der Waals surface area contributed by atoms with Crippen molar-refractivity contribution < 1.29 is 8.78 Å². The normalized spacial score (nSPS) is 19.8. The van der Waals surface area contributed by atoms with Gasteiger partial charge in [-0.1, -0.05) is 0 Å². The van der Waals surface area contributed by atoms with Crippen molar-refractivity contribution in [3.63, 3.8) is 0 Å². The maximum atomic E-state index is 12.5. The molecule has 1 aliphatic heterocycles. The Morgan fingerprint density at radius 2 is 2.15 bits per heavy atom. The largest absolute Gasteiger partial charge is 0.359 e. The summed E-state index contributed by atoms with van der Waals surface area (Å²) in [6.45, 7) is -0.382. The van der Waals surface area contributed by atoms with E-state index in [0.29, 0.717) is 4.60 Å². The number of rotatable bonds is 1. The van der Waals surface area contributed by atoms with Crippen LogP contribution in [0.25, 0.3) is 0 Å². The molecule has 0 aromatic carbocycles. The maximum absolute atomic E-state index is 12.5. The van der Waals surface area contributed by atoms with Crippen molar-refractivity contribution in [3.8, 4) is 0 Å². The summed E-state index contributed by atoms with van der Waals surface area (Å²) in [6.07, 6.45) is 1.59. The van der Waals surface area contributed by atoms with Gasteiger partial charge < -0.3 is 4.90 Å². The molecule has 70 valence electrons. The molecule has 0 N–H and O–H groups in total. The Kier molecular flexibility index (Phi) is 1.98. The number of nitrogens with zero attached hydrogens (tertiary/aromatic N) is 2. The van der Waals surface area contributed by atoms with Crippen molar-refractivity contribution in [2.45, 2.75) is 5.92 Å². The van der Waals surface area contributed by atoms with Crippen LogP contribution in [0.3, 0.4) is 0 Å². The molecular weight excluding hydrogens is 242 g/mol. The third-order valence-electron chi connectivity index (χ3n) is 1.92. The maximum Gasteiger partial charge on any atom is 0.282 e. The van der Waals surface area contributed by atoms with Crippen molar-refractivity contribution in [2.75, 3.05) is 18.0 Å². The molecule has 0 atom stereocenters. The summed E-state index contributed by atoms with van der Waals surface area (Å²) in [4.78, 5) is 5.54. The van der Waals surface area contributed by atoms with E-state index >= 15 is 0 Å². The molecule has 1 fully saturated rings. The number of pyridine rings is 1.